The van der Waals surface area contributed by atoms with E-state index in [4.69, 9.17) is 5.11 Å². The van der Waals surface area contributed by atoms with Crippen LogP contribution in [0.1, 0.15) is 47.0 Å². The molecule has 0 aliphatic heterocycles. The fourth-order valence-electron chi connectivity index (χ4n) is 0.574. The van der Waals surface area contributed by atoms with Crippen LogP contribution in [-0.4, -0.2) is 11.1 Å². The molecule has 0 saturated carbocycles. The summed E-state index contributed by atoms with van der Waals surface area (Å²) in [7, 11) is 0. The molecule has 0 rings (SSSR count). The highest BCUT2D eigenvalue weighted by Crippen LogP contribution is 2.08. The molecule has 0 bridgehead atoms. The van der Waals surface area contributed by atoms with Gasteiger partial charge in [-0.2, -0.15) is 0 Å². The SMILES string of the molecule is CC.CCC(C)CCC(=O)O. The highest BCUT2D eigenvalue weighted by molar-refractivity contribution is 5.66. The van der Waals surface area contributed by atoms with Crippen molar-refractivity contribution < 1.29 is 9.90 Å². The predicted molar refractivity (Wildman–Crippen MR) is 47.7 cm³/mol. The normalized spacial score (nSPS) is 11.3. The van der Waals surface area contributed by atoms with Crippen molar-refractivity contribution in [1.29, 1.82) is 0 Å². The minimum Gasteiger partial charge on any atom is -0.481 e. The third-order valence-electron chi connectivity index (χ3n) is 1.55. The molecule has 0 saturated heterocycles. The lowest BCUT2D eigenvalue weighted by atomic mass is 10.0. The second-order valence-electron chi connectivity index (χ2n) is 2.45. The largest absolute Gasteiger partial charge is 0.481 e. The molecule has 0 heterocycles. The molecule has 2 heteroatoms. The number of carboxylic acids is 1. The van der Waals surface area contributed by atoms with E-state index in [0.29, 0.717) is 12.3 Å². The van der Waals surface area contributed by atoms with E-state index in [0.717, 1.165) is 12.8 Å². The van der Waals surface area contributed by atoms with Crippen LogP contribution in [0.2, 0.25) is 0 Å². The van der Waals surface area contributed by atoms with E-state index in [9.17, 15) is 4.79 Å². The first kappa shape index (κ1) is 13.1. The van der Waals surface area contributed by atoms with Crippen LogP contribution in [-0.2, 0) is 4.79 Å². The molecule has 68 valence electrons. The van der Waals surface area contributed by atoms with Gasteiger partial charge in [0, 0.05) is 6.42 Å². The van der Waals surface area contributed by atoms with Gasteiger partial charge in [-0.05, 0) is 12.3 Å². The summed E-state index contributed by atoms with van der Waals surface area (Å²) >= 11 is 0. The molecule has 0 radical (unpaired) electrons. The minimum atomic E-state index is -0.685. The number of hydrogen-bond acceptors (Lipinski definition) is 1. The van der Waals surface area contributed by atoms with Crippen molar-refractivity contribution in [3.63, 3.8) is 0 Å². The lowest BCUT2D eigenvalue weighted by Crippen LogP contribution is -1.99. The minimum absolute atomic E-state index is 0.314. The van der Waals surface area contributed by atoms with E-state index in [1.807, 2.05) is 13.8 Å². The van der Waals surface area contributed by atoms with Crippen molar-refractivity contribution in [3.05, 3.63) is 0 Å². The summed E-state index contributed by atoms with van der Waals surface area (Å²) < 4.78 is 0. The first-order chi connectivity index (χ1) is 5.16. The Balaban J connectivity index is 0. The van der Waals surface area contributed by atoms with E-state index < -0.39 is 5.97 Å². The molecular weight excluding hydrogens is 140 g/mol. The topological polar surface area (TPSA) is 37.3 Å². The van der Waals surface area contributed by atoms with Gasteiger partial charge in [0.15, 0.2) is 0 Å². The fourth-order valence-corrected chi connectivity index (χ4v) is 0.574. The van der Waals surface area contributed by atoms with Crippen LogP contribution in [0.25, 0.3) is 0 Å². The van der Waals surface area contributed by atoms with E-state index in [2.05, 4.69) is 13.8 Å². The summed E-state index contributed by atoms with van der Waals surface area (Å²) in [6, 6.07) is 0. The third-order valence-corrected chi connectivity index (χ3v) is 1.55. The first-order valence-electron chi connectivity index (χ1n) is 4.38. The predicted octanol–water partition coefficient (Wildman–Crippen LogP) is 2.92. The Hall–Kier alpha value is -0.530. The smallest absolute Gasteiger partial charge is 0.303 e. The Kier molecular flexibility index (Phi) is 11.3. The average molecular weight is 160 g/mol. The summed E-state index contributed by atoms with van der Waals surface area (Å²) in [5.41, 5.74) is 0. The molecule has 11 heavy (non-hydrogen) atoms. The maximum Gasteiger partial charge on any atom is 0.303 e. The van der Waals surface area contributed by atoms with Crippen molar-refractivity contribution in [3.8, 4) is 0 Å². The van der Waals surface area contributed by atoms with Crippen molar-refractivity contribution in [2.24, 2.45) is 5.92 Å². The van der Waals surface area contributed by atoms with Crippen molar-refractivity contribution in [2.45, 2.75) is 47.0 Å². The van der Waals surface area contributed by atoms with Gasteiger partial charge in [-0.1, -0.05) is 34.1 Å². The van der Waals surface area contributed by atoms with Gasteiger partial charge in [0.05, 0.1) is 0 Å². The number of hydrogen-bond donors (Lipinski definition) is 1. The van der Waals surface area contributed by atoms with Crippen molar-refractivity contribution in [1.82, 2.24) is 0 Å². The molecule has 1 N–H and O–H groups in total. The maximum atomic E-state index is 10.0. The number of carboxylic acid groups (broad SMARTS) is 1. The average Bonchev–Trinajstić information content (AvgIpc) is 2.04. The summed E-state index contributed by atoms with van der Waals surface area (Å²) in [6.45, 7) is 8.15. The van der Waals surface area contributed by atoms with Gasteiger partial charge in [-0.3, -0.25) is 4.79 Å². The summed E-state index contributed by atoms with van der Waals surface area (Å²) in [5, 5.41) is 8.26. The van der Waals surface area contributed by atoms with Gasteiger partial charge in [-0.25, -0.2) is 0 Å². The van der Waals surface area contributed by atoms with Crippen molar-refractivity contribution >= 4 is 5.97 Å². The van der Waals surface area contributed by atoms with Crippen LogP contribution in [0.5, 0.6) is 0 Å². The molecule has 1 unspecified atom stereocenters. The molecule has 0 spiro atoms. The Morgan fingerprint density at radius 1 is 1.45 bits per heavy atom. The molecule has 0 aromatic carbocycles. The monoisotopic (exact) mass is 160 g/mol. The molecule has 0 aliphatic carbocycles. The maximum absolute atomic E-state index is 10.0. The van der Waals surface area contributed by atoms with Crippen LogP contribution in [0.4, 0.5) is 0 Å². The van der Waals surface area contributed by atoms with Gasteiger partial charge in [-0.15, -0.1) is 0 Å². The number of aliphatic carboxylic acids is 1. The van der Waals surface area contributed by atoms with Gasteiger partial charge in [0.2, 0.25) is 0 Å². The van der Waals surface area contributed by atoms with E-state index in [-0.39, 0.29) is 0 Å². The molecule has 0 aromatic heterocycles. The standard InChI is InChI=1S/C7H14O2.C2H6/c1-3-6(2)4-5-7(8)9;1-2/h6H,3-5H2,1-2H3,(H,8,9);1-2H3. The van der Waals surface area contributed by atoms with E-state index in [1.54, 1.807) is 0 Å². The summed E-state index contributed by atoms with van der Waals surface area (Å²) in [4.78, 5) is 10.0. The molecular formula is C9H20O2. The summed E-state index contributed by atoms with van der Waals surface area (Å²) in [6.07, 6.45) is 2.20. The molecule has 0 fully saturated rings. The molecule has 0 amide bonds. The van der Waals surface area contributed by atoms with Gasteiger partial charge >= 0.3 is 5.97 Å². The lowest BCUT2D eigenvalue weighted by molar-refractivity contribution is -0.137. The van der Waals surface area contributed by atoms with E-state index in [1.165, 1.54) is 0 Å². The van der Waals surface area contributed by atoms with Gasteiger partial charge in [0.1, 0.15) is 0 Å². The zero-order valence-electron chi connectivity index (χ0n) is 8.05. The van der Waals surface area contributed by atoms with Crippen LogP contribution < -0.4 is 0 Å². The quantitative estimate of drug-likeness (QED) is 0.686. The lowest BCUT2D eigenvalue weighted by Gasteiger charge is -2.03. The van der Waals surface area contributed by atoms with E-state index >= 15 is 0 Å². The second kappa shape index (κ2) is 9.47. The fraction of sp³-hybridized carbons (Fsp3) is 0.889. The molecule has 2 nitrogen and oxygen atoms in total. The second-order valence-corrected chi connectivity index (χ2v) is 2.45. The van der Waals surface area contributed by atoms with Crippen LogP contribution in [0, 0.1) is 5.92 Å². The Bertz CT molecular complexity index is 89.6. The zero-order chi connectivity index (χ0) is 9.28. The van der Waals surface area contributed by atoms with Crippen LogP contribution in [0.3, 0.4) is 0 Å². The molecule has 1 atom stereocenters. The highest BCUT2D eigenvalue weighted by Gasteiger charge is 2.01. The van der Waals surface area contributed by atoms with Gasteiger partial charge in [0.25, 0.3) is 0 Å². The Morgan fingerprint density at radius 3 is 2.18 bits per heavy atom. The number of rotatable bonds is 4. The third kappa shape index (κ3) is 12.6. The number of carbonyl (C=O) groups is 1. The summed E-state index contributed by atoms with van der Waals surface area (Å²) in [5.74, 6) is -0.128. The first-order valence-corrected chi connectivity index (χ1v) is 4.38. The highest BCUT2D eigenvalue weighted by atomic mass is 16.4. The van der Waals surface area contributed by atoms with Crippen molar-refractivity contribution in [2.75, 3.05) is 0 Å². The molecule has 0 aliphatic rings. The van der Waals surface area contributed by atoms with Gasteiger partial charge < -0.3 is 5.11 Å². The Morgan fingerprint density at radius 2 is 1.91 bits per heavy atom. The molecule has 0 aromatic rings. The Labute approximate surface area is 69.6 Å². The van der Waals surface area contributed by atoms with Crippen LogP contribution in [0.15, 0.2) is 0 Å². The van der Waals surface area contributed by atoms with Crippen LogP contribution >= 0.6 is 0 Å². The zero-order valence-corrected chi connectivity index (χ0v) is 8.05.